The maximum atomic E-state index is 6.12. The van der Waals surface area contributed by atoms with E-state index in [2.05, 4.69) is 23.8 Å². The van der Waals surface area contributed by atoms with Crippen LogP contribution in [0.15, 0.2) is 11.4 Å². The number of thioether (sulfide) groups is 1. The summed E-state index contributed by atoms with van der Waals surface area (Å²) in [5, 5.41) is 3.55. The molecule has 0 saturated carbocycles. The zero-order valence-electron chi connectivity index (χ0n) is 9.94. The zero-order chi connectivity index (χ0) is 12.3. The third-order valence-electron chi connectivity index (χ3n) is 2.66. The highest BCUT2D eigenvalue weighted by Crippen LogP contribution is 2.26. The summed E-state index contributed by atoms with van der Waals surface area (Å²) in [4.78, 5) is 9.85. The molecule has 2 aromatic rings. The Bertz CT molecular complexity index is 498. The van der Waals surface area contributed by atoms with E-state index >= 15 is 0 Å². The Kier molecular flexibility index (Phi) is 4.65. The number of hydrogen-bond acceptors (Lipinski definition) is 4. The van der Waals surface area contributed by atoms with Gasteiger partial charge in [0.25, 0.3) is 0 Å². The molecule has 0 saturated heterocycles. The molecule has 0 fully saturated rings. The summed E-state index contributed by atoms with van der Waals surface area (Å²) in [5.41, 5.74) is 0. The van der Waals surface area contributed by atoms with Crippen molar-refractivity contribution in [3.8, 4) is 0 Å². The van der Waals surface area contributed by atoms with Gasteiger partial charge in [-0.05, 0) is 23.1 Å². The van der Waals surface area contributed by atoms with Crippen LogP contribution in [-0.2, 0) is 5.75 Å². The number of nitrogens with zero attached hydrogens (tertiary/aromatic N) is 2. The van der Waals surface area contributed by atoms with E-state index in [9.17, 15) is 0 Å². The average molecular weight is 287 g/mol. The fourth-order valence-corrected chi connectivity index (χ4v) is 3.55. The van der Waals surface area contributed by atoms with E-state index in [-0.39, 0.29) is 0 Å². The molecule has 2 aromatic heterocycles. The van der Waals surface area contributed by atoms with Crippen LogP contribution in [0.3, 0.4) is 0 Å². The van der Waals surface area contributed by atoms with Gasteiger partial charge in [0, 0.05) is 5.39 Å². The number of aromatic nitrogens is 2. The van der Waals surface area contributed by atoms with Gasteiger partial charge in [-0.1, -0.05) is 31.9 Å². The fraction of sp³-hybridized carbons (Fsp3) is 0.500. The summed E-state index contributed by atoms with van der Waals surface area (Å²) in [7, 11) is 0. The van der Waals surface area contributed by atoms with E-state index in [4.69, 9.17) is 11.6 Å². The van der Waals surface area contributed by atoms with Crippen molar-refractivity contribution in [2.75, 3.05) is 5.75 Å². The highest BCUT2D eigenvalue weighted by molar-refractivity contribution is 7.98. The third kappa shape index (κ3) is 3.33. The quantitative estimate of drug-likeness (QED) is 0.750. The molecule has 0 aliphatic carbocycles. The maximum Gasteiger partial charge on any atom is 0.141 e. The van der Waals surface area contributed by atoms with Crippen LogP contribution >= 0.6 is 34.7 Å². The van der Waals surface area contributed by atoms with Crippen LogP contribution in [0, 0.1) is 5.92 Å². The van der Waals surface area contributed by atoms with Crippen LogP contribution in [0.4, 0.5) is 0 Å². The smallest absolute Gasteiger partial charge is 0.141 e. The molecule has 1 unspecified atom stereocenters. The Labute approximate surface area is 115 Å². The Morgan fingerprint density at radius 2 is 2.29 bits per heavy atom. The standard InChI is InChI=1S/C12H15ClN2S2/c1-3-8(2)6-16-7-10-14-11(13)9-4-5-17-12(9)15-10/h4-5,8H,3,6-7H2,1-2H3. The van der Waals surface area contributed by atoms with Crippen molar-refractivity contribution < 1.29 is 0 Å². The Morgan fingerprint density at radius 3 is 3.06 bits per heavy atom. The first-order valence-corrected chi connectivity index (χ1v) is 8.09. The summed E-state index contributed by atoms with van der Waals surface area (Å²) in [6, 6.07) is 1.97. The van der Waals surface area contributed by atoms with E-state index < -0.39 is 0 Å². The predicted molar refractivity (Wildman–Crippen MR) is 78.0 cm³/mol. The predicted octanol–water partition coefficient (Wildman–Crippen LogP) is 4.62. The molecule has 2 heterocycles. The summed E-state index contributed by atoms with van der Waals surface area (Å²) in [6.07, 6.45) is 1.22. The molecular weight excluding hydrogens is 272 g/mol. The Hall–Kier alpha value is -0.320. The van der Waals surface area contributed by atoms with Crippen molar-refractivity contribution in [3.63, 3.8) is 0 Å². The molecule has 0 radical (unpaired) electrons. The molecule has 0 bridgehead atoms. The van der Waals surface area contributed by atoms with Crippen molar-refractivity contribution in [2.24, 2.45) is 5.92 Å². The van der Waals surface area contributed by atoms with Crippen molar-refractivity contribution in [3.05, 3.63) is 22.4 Å². The number of thiophene rings is 1. The minimum Gasteiger partial charge on any atom is -0.221 e. The normalized spacial score (nSPS) is 13.1. The van der Waals surface area contributed by atoms with Crippen molar-refractivity contribution in [1.82, 2.24) is 9.97 Å². The molecule has 0 aliphatic heterocycles. The second-order valence-electron chi connectivity index (χ2n) is 4.10. The Balaban J connectivity index is 2.03. The van der Waals surface area contributed by atoms with Gasteiger partial charge in [0.05, 0.1) is 5.75 Å². The monoisotopic (exact) mass is 286 g/mol. The third-order valence-corrected chi connectivity index (χ3v) is 5.02. The van der Waals surface area contributed by atoms with E-state index in [0.29, 0.717) is 5.15 Å². The van der Waals surface area contributed by atoms with Crippen LogP contribution in [0.5, 0.6) is 0 Å². The summed E-state index contributed by atoms with van der Waals surface area (Å²) >= 11 is 9.61. The van der Waals surface area contributed by atoms with Crippen LogP contribution in [0.25, 0.3) is 10.2 Å². The van der Waals surface area contributed by atoms with Gasteiger partial charge < -0.3 is 0 Å². The van der Waals surface area contributed by atoms with Crippen molar-refractivity contribution in [1.29, 1.82) is 0 Å². The SMILES string of the molecule is CCC(C)CSCc1nc(Cl)c2ccsc2n1. The lowest BCUT2D eigenvalue weighted by Gasteiger charge is -2.07. The van der Waals surface area contributed by atoms with Crippen LogP contribution in [-0.4, -0.2) is 15.7 Å². The minimum atomic E-state index is 0.579. The van der Waals surface area contributed by atoms with Crippen molar-refractivity contribution >= 4 is 44.9 Å². The molecule has 5 heteroatoms. The number of fused-ring (bicyclic) bond motifs is 1. The van der Waals surface area contributed by atoms with E-state index in [1.807, 2.05) is 23.2 Å². The van der Waals surface area contributed by atoms with Crippen LogP contribution in [0.2, 0.25) is 5.15 Å². The van der Waals surface area contributed by atoms with E-state index in [0.717, 1.165) is 33.5 Å². The Morgan fingerprint density at radius 1 is 1.47 bits per heavy atom. The van der Waals surface area contributed by atoms with Gasteiger partial charge in [-0.25, -0.2) is 9.97 Å². The summed E-state index contributed by atoms with van der Waals surface area (Å²) in [6.45, 7) is 4.49. The molecular formula is C12H15ClN2S2. The van der Waals surface area contributed by atoms with Gasteiger partial charge in [-0.3, -0.25) is 0 Å². The van der Waals surface area contributed by atoms with E-state index in [1.165, 1.54) is 6.42 Å². The largest absolute Gasteiger partial charge is 0.221 e. The lowest BCUT2D eigenvalue weighted by atomic mass is 10.2. The van der Waals surface area contributed by atoms with Gasteiger partial charge in [0.1, 0.15) is 15.8 Å². The number of halogens is 1. The lowest BCUT2D eigenvalue weighted by Crippen LogP contribution is -1.98. The molecule has 0 N–H and O–H groups in total. The molecule has 0 aliphatic rings. The number of rotatable bonds is 5. The summed E-state index contributed by atoms with van der Waals surface area (Å²) in [5.74, 6) is 3.59. The van der Waals surface area contributed by atoms with Crippen LogP contribution < -0.4 is 0 Å². The van der Waals surface area contributed by atoms with Crippen LogP contribution in [0.1, 0.15) is 26.1 Å². The fourth-order valence-electron chi connectivity index (χ4n) is 1.39. The van der Waals surface area contributed by atoms with E-state index in [1.54, 1.807) is 11.3 Å². The molecule has 2 nitrogen and oxygen atoms in total. The highest BCUT2D eigenvalue weighted by atomic mass is 35.5. The first-order chi connectivity index (χ1) is 8.20. The zero-order valence-corrected chi connectivity index (χ0v) is 12.3. The lowest BCUT2D eigenvalue weighted by molar-refractivity contribution is 0.636. The molecule has 0 amide bonds. The van der Waals surface area contributed by atoms with Gasteiger partial charge in [0.2, 0.25) is 0 Å². The van der Waals surface area contributed by atoms with Crippen molar-refractivity contribution in [2.45, 2.75) is 26.0 Å². The first kappa shape index (κ1) is 13.1. The molecule has 92 valence electrons. The molecule has 0 spiro atoms. The molecule has 0 aromatic carbocycles. The number of hydrogen-bond donors (Lipinski definition) is 0. The minimum absolute atomic E-state index is 0.579. The average Bonchev–Trinajstić information content (AvgIpc) is 2.77. The maximum absolute atomic E-state index is 6.12. The second-order valence-corrected chi connectivity index (χ2v) is 6.38. The summed E-state index contributed by atoms with van der Waals surface area (Å²) < 4.78 is 0. The molecule has 17 heavy (non-hydrogen) atoms. The van der Waals surface area contributed by atoms with Gasteiger partial charge in [-0.15, -0.1) is 11.3 Å². The van der Waals surface area contributed by atoms with Gasteiger partial charge >= 0.3 is 0 Å². The topological polar surface area (TPSA) is 25.8 Å². The molecule has 2 rings (SSSR count). The highest BCUT2D eigenvalue weighted by Gasteiger charge is 2.07. The van der Waals surface area contributed by atoms with Gasteiger partial charge in [-0.2, -0.15) is 11.8 Å². The first-order valence-electron chi connectivity index (χ1n) is 5.68. The van der Waals surface area contributed by atoms with Gasteiger partial charge in [0.15, 0.2) is 0 Å². The molecule has 1 atom stereocenters. The second kappa shape index (κ2) is 6.03.